The van der Waals surface area contributed by atoms with Gasteiger partial charge < -0.3 is 13.9 Å². The molecule has 0 aromatic carbocycles. The highest BCUT2D eigenvalue weighted by Crippen LogP contribution is 2.26. The highest BCUT2D eigenvalue weighted by molar-refractivity contribution is 7.13. The van der Waals surface area contributed by atoms with Crippen molar-refractivity contribution in [3.63, 3.8) is 0 Å². The van der Waals surface area contributed by atoms with Crippen LogP contribution in [0.1, 0.15) is 37.1 Å². The lowest BCUT2D eigenvalue weighted by Crippen LogP contribution is -2.37. The molecule has 0 amide bonds. The van der Waals surface area contributed by atoms with E-state index in [1.165, 1.54) is 12.8 Å². The SMILES string of the molecule is Cc1ccc(-c2nc(CN(C[C@H]3CCCO3)C[C@@H]3CCCO3)cs2)o1. The fraction of sp³-hybridized carbons (Fsp3) is 0.632. The smallest absolute Gasteiger partial charge is 0.162 e. The lowest BCUT2D eigenvalue weighted by atomic mass is 10.2. The van der Waals surface area contributed by atoms with E-state index in [9.17, 15) is 0 Å². The minimum atomic E-state index is 0.354. The van der Waals surface area contributed by atoms with Crippen LogP contribution < -0.4 is 0 Å². The summed E-state index contributed by atoms with van der Waals surface area (Å²) in [5.74, 6) is 1.78. The highest BCUT2D eigenvalue weighted by atomic mass is 32.1. The second-order valence-electron chi connectivity index (χ2n) is 7.02. The molecule has 0 aliphatic carbocycles. The molecule has 0 bridgehead atoms. The number of hydrogen-bond donors (Lipinski definition) is 0. The number of furan rings is 1. The van der Waals surface area contributed by atoms with Crippen molar-refractivity contribution in [1.82, 2.24) is 9.88 Å². The lowest BCUT2D eigenvalue weighted by molar-refractivity contribution is 0.0342. The van der Waals surface area contributed by atoms with Crippen LogP contribution in [-0.4, -0.2) is 48.4 Å². The van der Waals surface area contributed by atoms with E-state index in [0.29, 0.717) is 12.2 Å². The van der Waals surface area contributed by atoms with Gasteiger partial charge in [-0.05, 0) is 44.7 Å². The summed E-state index contributed by atoms with van der Waals surface area (Å²) in [4.78, 5) is 7.24. The molecule has 5 nitrogen and oxygen atoms in total. The van der Waals surface area contributed by atoms with Gasteiger partial charge in [-0.3, -0.25) is 4.90 Å². The molecule has 2 atom stereocenters. The van der Waals surface area contributed by atoms with Gasteiger partial charge in [-0.1, -0.05) is 0 Å². The zero-order chi connectivity index (χ0) is 17.1. The molecule has 0 spiro atoms. The van der Waals surface area contributed by atoms with Crippen molar-refractivity contribution >= 4 is 11.3 Å². The first-order valence-corrected chi connectivity index (χ1v) is 10.1. The molecule has 4 rings (SSSR count). The summed E-state index contributed by atoms with van der Waals surface area (Å²) in [5, 5.41) is 3.10. The van der Waals surface area contributed by atoms with E-state index in [-0.39, 0.29) is 0 Å². The summed E-state index contributed by atoms with van der Waals surface area (Å²) in [5.41, 5.74) is 1.10. The summed E-state index contributed by atoms with van der Waals surface area (Å²) in [6.07, 6.45) is 5.39. The number of aromatic nitrogens is 1. The molecule has 2 aliphatic rings. The summed E-state index contributed by atoms with van der Waals surface area (Å²) in [7, 11) is 0. The first-order chi connectivity index (χ1) is 12.3. The average molecular weight is 362 g/mol. The van der Waals surface area contributed by atoms with E-state index in [0.717, 1.165) is 67.9 Å². The van der Waals surface area contributed by atoms with Crippen molar-refractivity contribution in [2.24, 2.45) is 0 Å². The van der Waals surface area contributed by atoms with Crippen molar-refractivity contribution in [2.75, 3.05) is 26.3 Å². The predicted octanol–water partition coefficient (Wildman–Crippen LogP) is 3.87. The minimum absolute atomic E-state index is 0.354. The Labute approximate surface area is 152 Å². The van der Waals surface area contributed by atoms with E-state index in [2.05, 4.69) is 10.3 Å². The summed E-state index contributed by atoms with van der Waals surface area (Å²) >= 11 is 1.65. The molecule has 136 valence electrons. The Morgan fingerprint density at radius 2 is 1.84 bits per heavy atom. The van der Waals surface area contributed by atoms with Crippen LogP contribution in [0.5, 0.6) is 0 Å². The molecule has 2 fully saturated rings. The average Bonchev–Trinajstić information content (AvgIpc) is 3.34. The van der Waals surface area contributed by atoms with Gasteiger partial charge in [0.05, 0.1) is 17.9 Å². The van der Waals surface area contributed by atoms with Crippen molar-refractivity contribution < 1.29 is 13.9 Å². The van der Waals surface area contributed by atoms with Crippen molar-refractivity contribution in [1.29, 1.82) is 0 Å². The molecule has 4 heterocycles. The van der Waals surface area contributed by atoms with Gasteiger partial charge in [-0.25, -0.2) is 4.98 Å². The van der Waals surface area contributed by atoms with Gasteiger partial charge in [0.2, 0.25) is 0 Å². The molecule has 6 heteroatoms. The molecular weight excluding hydrogens is 336 g/mol. The quantitative estimate of drug-likeness (QED) is 0.748. The second-order valence-corrected chi connectivity index (χ2v) is 7.88. The molecular formula is C19H26N2O3S. The van der Waals surface area contributed by atoms with Crippen LogP contribution in [0, 0.1) is 6.92 Å². The number of rotatable bonds is 7. The highest BCUT2D eigenvalue weighted by Gasteiger charge is 2.24. The fourth-order valence-electron chi connectivity index (χ4n) is 3.63. The topological polar surface area (TPSA) is 47.7 Å². The van der Waals surface area contributed by atoms with Crippen LogP contribution >= 0.6 is 11.3 Å². The summed E-state index contributed by atoms with van der Waals surface area (Å²) < 4.78 is 17.4. The monoisotopic (exact) mass is 362 g/mol. The predicted molar refractivity (Wildman–Crippen MR) is 97.8 cm³/mol. The fourth-order valence-corrected chi connectivity index (χ4v) is 4.40. The van der Waals surface area contributed by atoms with Crippen molar-refractivity contribution in [2.45, 2.75) is 51.4 Å². The van der Waals surface area contributed by atoms with E-state index in [1.807, 2.05) is 19.1 Å². The van der Waals surface area contributed by atoms with E-state index < -0.39 is 0 Å². The lowest BCUT2D eigenvalue weighted by Gasteiger charge is -2.26. The van der Waals surface area contributed by atoms with Crippen LogP contribution in [0.3, 0.4) is 0 Å². The summed E-state index contributed by atoms with van der Waals surface area (Å²) in [6.45, 7) is 6.53. The van der Waals surface area contributed by atoms with Crippen molar-refractivity contribution in [3.05, 3.63) is 29.0 Å². The number of nitrogens with zero attached hydrogens (tertiary/aromatic N) is 2. The minimum Gasteiger partial charge on any atom is -0.459 e. The number of ether oxygens (including phenoxy) is 2. The summed E-state index contributed by atoms with van der Waals surface area (Å²) in [6, 6.07) is 3.98. The molecule has 0 saturated carbocycles. The zero-order valence-electron chi connectivity index (χ0n) is 14.8. The third kappa shape index (κ3) is 4.50. The van der Waals surface area contributed by atoms with Crippen LogP contribution in [-0.2, 0) is 16.0 Å². The number of thiazole rings is 1. The molecule has 2 saturated heterocycles. The molecule has 25 heavy (non-hydrogen) atoms. The molecule has 2 aromatic heterocycles. The van der Waals surface area contributed by atoms with Gasteiger partial charge >= 0.3 is 0 Å². The standard InChI is InChI=1S/C19H26N2O3S/c1-14-6-7-18(24-14)19-20-15(13-25-19)10-21(11-16-4-2-8-22-16)12-17-5-3-9-23-17/h6-7,13,16-17H,2-5,8-12H2,1H3/t16-,17+. The normalized spacial score (nSPS) is 23.8. The van der Waals surface area contributed by atoms with Crippen LogP contribution in [0.2, 0.25) is 0 Å². The molecule has 2 aromatic rings. The Kier molecular flexibility index (Phi) is 5.51. The van der Waals surface area contributed by atoms with E-state index in [4.69, 9.17) is 18.9 Å². The van der Waals surface area contributed by atoms with E-state index >= 15 is 0 Å². The van der Waals surface area contributed by atoms with Crippen molar-refractivity contribution in [3.8, 4) is 10.8 Å². The third-order valence-corrected chi connectivity index (χ3v) is 5.77. The Hall–Kier alpha value is -1.21. The van der Waals surface area contributed by atoms with E-state index in [1.54, 1.807) is 11.3 Å². The molecule has 0 N–H and O–H groups in total. The third-order valence-electron chi connectivity index (χ3n) is 4.86. The second kappa shape index (κ2) is 7.99. The zero-order valence-corrected chi connectivity index (χ0v) is 15.6. The van der Waals surface area contributed by atoms with Gasteiger partial charge in [0, 0.05) is 38.2 Å². The van der Waals surface area contributed by atoms with Gasteiger partial charge in [-0.15, -0.1) is 11.3 Å². The maximum Gasteiger partial charge on any atom is 0.162 e. The van der Waals surface area contributed by atoms with Gasteiger partial charge in [0.15, 0.2) is 10.8 Å². The Morgan fingerprint density at radius 3 is 2.40 bits per heavy atom. The maximum atomic E-state index is 5.85. The molecule has 2 aliphatic heterocycles. The molecule has 0 unspecified atom stereocenters. The van der Waals surface area contributed by atoms with Crippen LogP contribution in [0.4, 0.5) is 0 Å². The Morgan fingerprint density at radius 1 is 1.12 bits per heavy atom. The van der Waals surface area contributed by atoms with Gasteiger partial charge in [0.1, 0.15) is 5.76 Å². The largest absolute Gasteiger partial charge is 0.459 e. The maximum absolute atomic E-state index is 5.85. The Balaban J connectivity index is 1.42. The van der Waals surface area contributed by atoms with Gasteiger partial charge in [-0.2, -0.15) is 0 Å². The number of hydrogen-bond acceptors (Lipinski definition) is 6. The number of aryl methyl sites for hydroxylation is 1. The first kappa shape index (κ1) is 17.2. The first-order valence-electron chi connectivity index (χ1n) is 9.23. The van der Waals surface area contributed by atoms with Gasteiger partial charge in [0.25, 0.3) is 0 Å². The Bertz CT molecular complexity index is 654. The van der Waals surface area contributed by atoms with Crippen LogP contribution in [0.15, 0.2) is 21.9 Å². The van der Waals surface area contributed by atoms with Crippen LogP contribution in [0.25, 0.3) is 10.8 Å². The molecule has 0 radical (unpaired) electrons.